The summed E-state index contributed by atoms with van der Waals surface area (Å²) in [5.41, 5.74) is 2.18. The average Bonchev–Trinajstić information content (AvgIpc) is 2.46. The number of aliphatic hydroxyl groups is 1. The summed E-state index contributed by atoms with van der Waals surface area (Å²) in [7, 11) is 1.66. The van der Waals surface area contributed by atoms with E-state index in [4.69, 9.17) is 4.74 Å². The van der Waals surface area contributed by atoms with Crippen LogP contribution in [0.4, 0.5) is 0 Å². The molecule has 3 heteroatoms. The number of ether oxygens (including phenoxy) is 1. The number of rotatable bonds is 4. The van der Waals surface area contributed by atoms with Gasteiger partial charge in [-0.1, -0.05) is 13.0 Å². The zero-order chi connectivity index (χ0) is 13.0. The third-order valence-corrected chi connectivity index (χ3v) is 3.80. The van der Waals surface area contributed by atoms with Crippen LogP contribution in [0.3, 0.4) is 0 Å². The van der Waals surface area contributed by atoms with Gasteiger partial charge in [-0.3, -0.25) is 0 Å². The molecule has 100 valence electrons. The van der Waals surface area contributed by atoms with Crippen LogP contribution in [0.5, 0.6) is 5.75 Å². The summed E-state index contributed by atoms with van der Waals surface area (Å²) in [5, 5.41) is 13.9. The van der Waals surface area contributed by atoms with Crippen LogP contribution in [0, 0.1) is 5.92 Å². The lowest BCUT2D eigenvalue weighted by Gasteiger charge is -2.28. The zero-order valence-corrected chi connectivity index (χ0v) is 11.3. The highest BCUT2D eigenvalue weighted by molar-refractivity contribution is 5.39. The number of piperidine rings is 1. The van der Waals surface area contributed by atoms with Gasteiger partial charge < -0.3 is 15.2 Å². The first kappa shape index (κ1) is 13.4. The Morgan fingerprint density at radius 3 is 2.94 bits per heavy atom. The molecule has 1 aliphatic heterocycles. The molecular weight excluding hydrogens is 226 g/mol. The number of hydrogen-bond donors (Lipinski definition) is 2. The van der Waals surface area contributed by atoms with Crippen LogP contribution in [0.1, 0.15) is 37.0 Å². The Labute approximate surface area is 109 Å². The van der Waals surface area contributed by atoms with Crippen molar-refractivity contribution in [1.82, 2.24) is 5.32 Å². The molecular formula is C15H23NO2. The molecule has 0 aliphatic carbocycles. The van der Waals surface area contributed by atoms with Crippen molar-refractivity contribution in [1.29, 1.82) is 0 Å². The molecule has 2 atom stereocenters. The van der Waals surface area contributed by atoms with Crippen molar-refractivity contribution < 1.29 is 9.84 Å². The largest absolute Gasteiger partial charge is 0.496 e. The molecule has 0 spiro atoms. The molecule has 1 heterocycles. The standard InChI is InChI=1S/C15H23NO2/c1-3-11-6-7-14(18-2)13(9-11)15(17)12-5-4-8-16-10-12/h6-7,9,12,15-17H,3-5,8,10H2,1-2H3. The minimum Gasteiger partial charge on any atom is -0.496 e. The van der Waals surface area contributed by atoms with Crippen molar-refractivity contribution >= 4 is 0 Å². The highest BCUT2D eigenvalue weighted by atomic mass is 16.5. The smallest absolute Gasteiger partial charge is 0.124 e. The van der Waals surface area contributed by atoms with Crippen LogP contribution in [-0.4, -0.2) is 25.3 Å². The van der Waals surface area contributed by atoms with Crippen LogP contribution in [-0.2, 0) is 6.42 Å². The summed E-state index contributed by atoms with van der Waals surface area (Å²) in [6.45, 7) is 4.08. The summed E-state index contributed by atoms with van der Waals surface area (Å²) in [5.74, 6) is 1.09. The predicted octanol–water partition coefficient (Wildman–Crippen LogP) is 2.29. The van der Waals surface area contributed by atoms with E-state index in [-0.39, 0.29) is 0 Å². The first-order valence-electron chi connectivity index (χ1n) is 6.81. The van der Waals surface area contributed by atoms with Crippen LogP contribution in [0.15, 0.2) is 18.2 Å². The van der Waals surface area contributed by atoms with Crippen LogP contribution in [0.25, 0.3) is 0 Å². The fourth-order valence-electron chi connectivity index (χ4n) is 2.64. The Morgan fingerprint density at radius 1 is 1.50 bits per heavy atom. The first-order valence-corrected chi connectivity index (χ1v) is 6.81. The van der Waals surface area contributed by atoms with Gasteiger partial charge in [-0.2, -0.15) is 0 Å². The van der Waals surface area contributed by atoms with Crippen molar-refractivity contribution in [2.45, 2.75) is 32.3 Å². The quantitative estimate of drug-likeness (QED) is 0.860. The van der Waals surface area contributed by atoms with Crippen LogP contribution < -0.4 is 10.1 Å². The lowest BCUT2D eigenvalue weighted by molar-refractivity contribution is 0.0896. The Bertz CT molecular complexity index is 386. The third kappa shape index (κ3) is 2.85. The van der Waals surface area contributed by atoms with Crippen molar-refractivity contribution in [2.75, 3.05) is 20.2 Å². The highest BCUT2D eigenvalue weighted by Crippen LogP contribution is 2.33. The van der Waals surface area contributed by atoms with E-state index in [9.17, 15) is 5.11 Å². The minimum absolute atomic E-state index is 0.291. The van der Waals surface area contributed by atoms with Crippen molar-refractivity contribution in [3.63, 3.8) is 0 Å². The molecule has 1 saturated heterocycles. The molecule has 2 N–H and O–H groups in total. The predicted molar refractivity (Wildman–Crippen MR) is 72.9 cm³/mol. The van der Waals surface area contributed by atoms with Crippen molar-refractivity contribution in [3.05, 3.63) is 29.3 Å². The van der Waals surface area contributed by atoms with E-state index in [0.29, 0.717) is 5.92 Å². The second-order valence-electron chi connectivity index (χ2n) is 4.98. The van der Waals surface area contributed by atoms with E-state index in [1.165, 1.54) is 5.56 Å². The number of methoxy groups -OCH3 is 1. The molecule has 1 fully saturated rings. The van der Waals surface area contributed by atoms with Gasteiger partial charge in [-0.15, -0.1) is 0 Å². The molecule has 2 unspecified atom stereocenters. The van der Waals surface area contributed by atoms with E-state index in [2.05, 4.69) is 24.4 Å². The lowest BCUT2D eigenvalue weighted by Crippen LogP contribution is -2.33. The van der Waals surface area contributed by atoms with Gasteiger partial charge in [-0.25, -0.2) is 0 Å². The summed E-state index contributed by atoms with van der Waals surface area (Å²) < 4.78 is 5.38. The third-order valence-electron chi connectivity index (χ3n) is 3.80. The van der Waals surface area contributed by atoms with Gasteiger partial charge in [0, 0.05) is 18.0 Å². The topological polar surface area (TPSA) is 41.5 Å². The molecule has 18 heavy (non-hydrogen) atoms. The van der Waals surface area contributed by atoms with Crippen molar-refractivity contribution in [3.8, 4) is 5.75 Å². The molecule has 3 nitrogen and oxygen atoms in total. The minimum atomic E-state index is -0.431. The number of nitrogens with one attached hydrogen (secondary N) is 1. The summed E-state index contributed by atoms with van der Waals surface area (Å²) in [6.07, 6.45) is 2.76. The lowest BCUT2D eigenvalue weighted by atomic mass is 9.88. The van der Waals surface area contributed by atoms with Crippen molar-refractivity contribution in [2.24, 2.45) is 5.92 Å². The van der Waals surface area contributed by atoms with Gasteiger partial charge in [0.1, 0.15) is 5.75 Å². The van der Waals surface area contributed by atoms with E-state index in [1.54, 1.807) is 7.11 Å². The Hall–Kier alpha value is -1.06. The van der Waals surface area contributed by atoms with Gasteiger partial charge in [0.05, 0.1) is 13.2 Å². The Kier molecular flexibility index (Phi) is 4.61. The molecule has 1 aliphatic rings. The fourth-order valence-corrected chi connectivity index (χ4v) is 2.64. The SMILES string of the molecule is CCc1ccc(OC)c(C(O)C2CCCNC2)c1. The van der Waals surface area contributed by atoms with Crippen LogP contribution >= 0.6 is 0 Å². The number of aliphatic hydroxyl groups excluding tert-OH is 1. The van der Waals surface area contributed by atoms with Crippen LogP contribution in [0.2, 0.25) is 0 Å². The second-order valence-corrected chi connectivity index (χ2v) is 4.98. The van der Waals surface area contributed by atoms with E-state index in [0.717, 1.165) is 43.7 Å². The van der Waals surface area contributed by atoms with Gasteiger partial charge in [0.15, 0.2) is 0 Å². The van der Waals surface area contributed by atoms with Gasteiger partial charge >= 0.3 is 0 Å². The maximum Gasteiger partial charge on any atom is 0.124 e. The Morgan fingerprint density at radius 2 is 2.33 bits per heavy atom. The highest BCUT2D eigenvalue weighted by Gasteiger charge is 2.25. The van der Waals surface area contributed by atoms with E-state index in [1.807, 2.05) is 6.07 Å². The molecule has 0 saturated carbocycles. The molecule has 0 radical (unpaired) electrons. The summed E-state index contributed by atoms with van der Waals surface area (Å²) >= 11 is 0. The number of benzene rings is 1. The van der Waals surface area contributed by atoms with E-state index >= 15 is 0 Å². The normalized spacial score (nSPS) is 21.6. The zero-order valence-electron chi connectivity index (χ0n) is 11.3. The average molecular weight is 249 g/mol. The molecule has 1 aromatic rings. The first-order chi connectivity index (χ1) is 8.76. The van der Waals surface area contributed by atoms with E-state index < -0.39 is 6.10 Å². The molecule has 0 bridgehead atoms. The van der Waals surface area contributed by atoms with Gasteiger partial charge in [-0.05, 0) is 43.5 Å². The van der Waals surface area contributed by atoms with Gasteiger partial charge in [0.2, 0.25) is 0 Å². The fraction of sp³-hybridized carbons (Fsp3) is 0.600. The van der Waals surface area contributed by atoms with Gasteiger partial charge in [0.25, 0.3) is 0 Å². The molecule has 2 rings (SSSR count). The molecule has 0 amide bonds. The summed E-state index contributed by atoms with van der Waals surface area (Å²) in [4.78, 5) is 0. The Balaban J connectivity index is 2.23. The second kappa shape index (κ2) is 6.21. The number of hydrogen-bond acceptors (Lipinski definition) is 3. The monoisotopic (exact) mass is 249 g/mol. The summed E-state index contributed by atoms with van der Waals surface area (Å²) in [6, 6.07) is 6.11. The molecule has 1 aromatic carbocycles. The molecule has 0 aromatic heterocycles. The maximum atomic E-state index is 10.6. The maximum absolute atomic E-state index is 10.6. The number of aryl methyl sites for hydroxylation is 1.